The van der Waals surface area contributed by atoms with Gasteiger partial charge in [0.25, 0.3) is 5.91 Å². The standard InChI is InChI=1S/C13H17BrN2OS/c1-3-9(7-12(15)18)16-13(17)10-5-4-6-11(14)8(10)2/h4-6,9H,3,7H2,1-2H3,(H2,15,18)(H,16,17). The summed E-state index contributed by atoms with van der Waals surface area (Å²) in [5.41, 5.74) is 7.11. The minimum Gasteiger partial charge on any atom is -0.393 e. The number of nitrogens with two attached hydrogens (primary N) is 1. The van der Waals surface area contributed by atoms with E-state index in [1.165, 1.54) is 0 Å². The smallest absolute Gasteiger partial charge is 0.251 e. The number of thiocarbonyl (C=S) groups is 1. The van der Waals surface area contributed by atoms with Gasteiger partial charge in [0.05, 0.1) is 4.99 Å². The van der Waals surface area contributed by atoms with Crippen LogP contribution in [0, 0.1) is 6.92 Å². The van der Waals surface area contributed by atoms with Crippen LogP contribution in [0.4, 0.5) is 0 Å². The third kappa shape index (κ3) is 4.07. The number of benzene rings is 1. The van der Waals surface area contributed by atoms with Crippen LogP contribution in [-0.2, 0) is 0 Å². The molecule has 1 aromatic carbocycles. The molecule has 1 amide bonds. The summed E-state index contributed by atoms with van der Waals surface area (Å²) >= 11 is 8.29. The van der Waals surface area contributed by atoms with Crippen molar-refractivity contribution in [2.75, 3.05) is 0 Å². The van der Waals surface area contributed by atoms with Crippen molar-refractivity contribution in [3.63, 3.8) is 0 Å². The Morgan fingerprint density at radius 3 is 2.78 bits per heavy atom. The lowest BCUT2D eigenvalue weighted by molar-refractivity contribution is 0.0936. The van der Waals surface area contributed by atoms with Gasteiger partial charge < -0.3 is 11.1 Å². The summed E-state index contributed by atoms with van der Waals surface area (Å²) in [4.78, 5) is 12.6. The zero-order valence-electron chi connectivity index (χ0n) is 10.5. The Balaban J connectivity index is 2.81. The van der Waals surface area contributed by atoms with Crippen molar-refractivity contribution in [1.29, 1.82) is 0 Å². The fourth-order valence-electron chi connectivity index (χ4n) is 1.66. The normalized spacial score (nSPS) is 11.9. The molecule has 0 saturated heterocycles. The van der Waals surface area contributed by atoms with Crippen LogP contribution in [0.1, 0.15) is 35.7 Å². The number of hydrogen-bond acceptors (Lipinski definition) is 2. The van der Waals surface area contributed by atoms with Gasteiger partial charge in [-0.2, -0.15) is 0 Å². The lowest BCUT2D eigenvalue weighted by Gasteiger charge is -2.17. The SMILES string of the molecule is CCC(CC(N)=S)NC(=O)c1cccc(Br)c1C. The van der Waals surface area contributed by atoms with E-state index in [0.29, 0.717) is 17.0 Å². The summed E-state index contributed by atoms with van der Waals surface area (Å²) in [5, 5.41) is 2.96. The molecular weight excluding hydrogens is 312 g/mol. The molecule has 1 rings (SSSR count). The summed E-state index contributed by atoms with van der Waals surface area (Å²) in [6.45, 7) is 3.91. The Kier molecular flexibility index (Phi) is 5.75. The molecule has 0 spiro atoms. The van der Waals surface area contributed by atoms with Crippen LogP contribution in [0.5, 0.6) is 0 Å². The highest BCUT2D eigenvalue weighted by molar-refractivity contribution is 9.10. The predicted octanol–water partition coefficient (Wildman–Crippen LogP) is 2.94. The number of halogens is 1. The molecule has 0 aliphatic rings. The molecule has 0 saturated carbocycles. The number of carbonyl (C=O) groups is 1. The van der Waals surface area contributed by atoms with Crippen LogP contribution < -0.4 is 11.1 Å². The molecule has 0 aromatic heterocycles. The molecule has 0 aliphatic heterocycles. The Morgan fingerprint density at radius 1 is 1.56 bits per heavy atom. The van der Waals surface area contributed by atoms with E-state index in [0.717, 1.165) is 16.5 Å². The van der Waals surface area contributed by atoms with Gasteiger partial charge in [0.1, 0.15) is 0 Å². The van der Waals surface area contributed by atoms with Crippen molar-refractivity contribution < 1.29 is 4.79 Å². The Bertz CT molecular complexity index is 462. The van der Waals surface area contributed by atoms with Gasteiger partial charge >= 0.3 is 0 Å². The van der Waals surface area contributed by atoms with E-state index >= 15 is 0 Å². The molecule has 0 radical (unpaired) electrons. The minimum atomic E-state index is -0.0862. The van der Waals surface area contributed by atoms with E-state index in [1.54, 1.807) is 0 Å². The first-order chi connectivity index (χ1) is 8.45. The predicted molar refractivity (Wildman–Crippen MR) is 81.8 cm³/mol. The van der Waals surface area contributed by atoms with Gasteiger partial charge in [-0.05, 0) is 31.0 Å². The molecule has 0 fully saturated rings. The van der Waals surface area contributed by atoms with Crippen molar-refractivity contribution in [3.8, 4) is 0 Å². The molecule has 3 N–H and O–H groups in total. The lowest BCUT2D eigenvalue weighted by Crippen LogP contribution is -2.37. The van der Waals surface area contributed by atoms with Crippen molar-refractivity contribution in [1.82, 2.24) is 5.32 Å². The van der Waals surface area contributed by atoms with Crippen molar-refractivity contribution in [2.24, 2.45) is 5.73 Å². The van der Waals surface area contributed by atoms with Crippen LogP contribution >= 0.6 is 28.1 Å². The maximum Gasteiger partial charge on any atom is 0.251 e. The highest BCUT2D eigenvalue weighted by atomic mass is 79.9. The van der Waals surface area contributed by atoms with E-state index in [9.17, 15) is 4.79 Å². The van der Waals surface area contributed by atoms with Gasteiger partial charge in [-0.15, -0.1) is 0 Å². The third-order valence-electron chi connectivity index (χ3n) is 2.79. The highest BCUT2D eigenvalue weighted by Gasteiger charge is 2.15. The van der Waals surface area contributed by atoms with Gasteiger partial charge in [-0.1, -0.05) is 41.1 Å². The zero-order chi connectivity index (χ0) is 13.7. The average Bonchev–Trinajstić information content (AvgIpc) is 2.31. The van der Waals surface area contributed by atoms with Crippen LogP contribution in [0.3, 0.4) is 0 Å². The maximum atomic E-state index is 12.2. The first-order valence-corrected chi connectivity index (χ1v) is 7.00. The number of rotatable bonds is 5. The van der Waals surface area contributed by atoms with Crippen LogP contribution in [0.25, 0.3) is 0 Å². The molecule has 3 nitrogen and oxygen atoms in total. The van der Waals surface area contributed by atoms with Crippen molar-refractivity contribution >= 4 is 39.0 Å². The quantitative estimate of drug-likeness (QED) is 0.817. The van der Waals surface area contributed by atoms with Crippen LogP contribution in [0.15, 0.2) is 22.7 Å². The van der Waals surface area contributed by atoms with Gasteiger partial charge in [0.2, 0.25) is 0 Å². The fourth-order valence-corrected chi connectivity index (χ4v) is 2.22. The van der Waals surface area contributed by atoms with Gasteiger partial charge in [0.15, 0.2) is 0 Å². The summed E-state index contributed by atoms with van der Waals surface area (Å²) in [5.74, 6) is -0.0862. The van der Waals surface area contributed by atoms with Crippen molar-refractivity contribution in [2.45, 2.75) is 32.7 Å². The monoisotopic (exact) mass is 328 g/mol. The molecule has 0 heterocycles. The number of hydrogen-bond donors (Lipinski definition) is 2. The number of amides is 1. The molecule has 0 bridgehead atoms. The van der Waals surface area contributed by atoms with E-state index in [4.69, 9.17) is 18.0 Å². The third-order valence-corrected chi connectivity index (χ3v) is 3.81. The van der Waals surface area contributed by atoms with Crippen LogP contribution in [0.2, 0.25) is 0 Å². The summed E-state index contributed by atoms with van der Waals surface area (Å²) in [6, 6.07) is 5.57. The first-order valence-electron chi connectivity index (χ1n) is 5.80. The Morgan fingerprint density at radius 2 is 2.22 bits per heavy atom. The molecule has 98 valence electrons. The lowest BCUT2D eigenvalue weighted by atomic mass is 10.1. The average molecular weight is 329 g/mol. The second-order valence-corrected chi connectivity index (χ2v) is 5.54. The van der Waals surface area contributed by atoms with Gasteiger partial charge in [-0.25, -0.2) is 0 Å². The fraction of sp³-hybridized carbons (Fsp3) is 0.385. The summed E-state index contributed by atoms with van der Waals surface area (Å²) in [6.07, 6.45) is 1.33. The zero-order valence-corrected chi connectivity index (χ0v) is 12.9. The molecule has 0 aliphatic carbocycles. The topological polar surface area (TPSA) is 55.1 Å². The molecule has 18 heavy (non-hydrogen) atoms. The molecule has 1 unspecified atom stereocenters. The molecule has 5 heteroatoms. The first kappa shape index (κ1) is 15.1. The van der Waals surface area contributed by atoms with Gasteiger partial charge in [-0.3, -0.25) is 4.79 Å². The second kappa shape index (κ2) is 6.85. The number of carbonyl (C=O) groups excluding carboxylic acids is 1. The van der Waals surface area contributed by atoms with Gasteiger partial charge in [0, 0.05) is 22.5 Å². The highest BCUT2D eigenvalue weighted by Crippen LogP contribution is 2.19. The van der Waals surface area contributed by atoms with E-state index in [1.807, 2.05) is 32.0 Å². The Labute approximate surface area is 121 Å². The number of nitrogens with one attached hydrogen (secondary N) is 1. The second-order valence-electron chi connectivity index (χ2n) is 4.16. The summed E-state index contributed by atoms with van der Waals surface area (Å²) < 4.78 is 0.928. The largest absolute Gasteiger partial charge is 0.393 e. The maximum absolute atomic E-state index is 12.2. The molecular formula is C13H17BrN2OS. The van der Waals surface area contributed by atoms with E-state index < -0.39 is 0 Å². The summed E-state index contributed by atoms with van der Waals surface area (Å²) in [7, 11) is 0. The van der Waals surface area contributed by atoms with E-state index in [-0.39, 0.29) is 11.9 Å². The van der Waals surface area contributed by atoms with Crippen LogP contribution in [-0.4, -0.2) is 16.9 Å². The molecule has 1 atom stereocenters. The van der Waals surface area contributed by atoms with Crippen molar-refractivity contribution in [3.05, 3.63) is 33.8 Å². The van der Waals surface area contributed by atoms with E-state index in [2.05, 4.69) is 21.2 Å². The minimum absolute atomic E-state index is 0.00613. The Hall–Kier alpha value is -0.940. The molecule has 1 aromatic rings.